The van der Waals surface area contributed by atoms with Crippen molar-refractivity contribution in [3.05, 3.63) is 58.4 Å². The quantitative estimate of drug-likeness (QED) is 0.344. The summed E-state index contributed by atoms with van der Waals surface area (Å²) < 4.78 is 10.00. The number of nitrogens with one attached hydrogen (secondary N) is 1. The van der Waals surface area contributed by atoms with Gasteiger partial charge in [-0.25, -0.2) is 4.79 Å². The molecule has 1 heterocycles. The van der Waals surface area contributed by atoms with E-state index < -0.39 is 17.5 Å². The van der Waals surface area contributed by atoms with Crippen molar-refractivity contribution in [2.45, 2.75) is 6.92 Å². The first kappa shape index (κ1) is 15.7. The van der Waals surface area contributed by atoms with Gasteiger partial charge in [-0.05, 0) is 22.9 Å². The molecule has 2 aromatic carbocycles. The lowest BCUT2D eigenvalue weighted by Gasteiger charge is -2.07. The fourth-order valence-electron chi connectivity index (χ4n) is 2.48. The van der Waals surface area contributed by atoms with Gasteiger partial charge in [0.25, 0.3) is 5.91 Å². The van der Waals surface area contributed by atoms with Crippen molar-refractivity contribution in [3.8, 4) is 0 Å². The van der Waals surface area contributed by atoms with E-state index in [4.69, 9.17) is 9.15 Å². The Morgan fingerprint density at radius 1 is 1.12 bits per heavy atom. The van der Waals surface area contributed by atoms with Gasteiger partial charge in [0.2, 0.25) is 0 Å². The first-order valence-corrected chi connectivity index (χ1v) is 7.43. The molecule has 0 saturated heterocycles. The van der Waals surface area contributed by atoms with Gasteiger partial charge < -0.3 is 14.5 Å². The molecule has 1 N–H and O–H groups in total. The summed E-state index contributed by atoms with van der Waals surface area (Å²) in [5.41, 5.74) is -0.361. The molecular weight excluding hydrogens is 310 g/mol. The molecule has 0 aliphatic rings. The second kappa shape index (κ2) is 6.54. The van der Waals surface area contributed by atoms with Gasteiger partial charge in [0, 0.05) is 12.3 Å². The molecule has 6 heteroatoms. The summed E-state index contributed by atoms with van der Waals surface area (Å²) in [7, 11) is 0. The first-order valence-electron chi connectivity index (χ1n) is 7.43. The third-order valence-electron chi connectivity index (χ3n) is 3.58. The minimum atomic E-state index is -0.706. The molecule has 0 saturated carbocycles. The third-order valence-corrected chi connectivity index (χ3v) is 3.58. The molecule has 1 aromatic heterocycles. The van der Waals surface area contributed by atoms with Crippen molar-refractivity contribution in [2.24, 2.45) is 0 Å². The minimum absolute atomic E-state index is 0.0446. The van der Waals surface area contributed by atoms with E-state index in [1.807, 2.05) is 30.3 Å². The second-order valence-corrected chi connectivity index (χ2v) is 5.24. The van der Waals surface area contributed by atoms with Gasteiger partial charge in [-0.2, -0.15) is 0 Å². The van der Waals surface area contributed by atoms with Crippen LogP contribution in [0.5, 0.6) is 0 Å². The highest BCUT2D eigenvalue weighted by Crippen LogP contribution is 2.24. The molecule has 0 aliphatic heterocycles. The number of fused-ring (bicyclic) bond motifs is 3. The Morgan fingerprint density at radius 3 is 2.71 bits per heavy atom. The van der Waals surface area contributed by atoms with Crippen LogP contribution in [0.3, 0.4) is 0 Å². The van der Waals surface area contributed by atoms with Crippen LogP contribution in [0, 0.1) is 0 Å². The summed E-state index contributed by atoms with van der Waals surface area (Å²) in [6.07, 6.45) is 0. The second-order valence-electron chi connectivity index (χ2n) is 5.24. The number of esters is 1. The SMILES string of the molecule is CC(=O)OCCNC(=O)c1cc2c(ccc3ccccc32)oc1=O. The molecule has 24 heavy (non-hydrogen) atoms. The van der Waals surface area contributed by atoms with Gasteiger partial charge >= 0.3 is 11.6 Å². The number of carbonyl (C=O) groups is 2. The smallest absolute Gasteiger partial charge is 0.349 e. The van der Waals surface area contributed by atoms with Gasteiger partial charge in [0.15, 0.2) is 0 Å². The van der Waals surface area contributed by atoms with Gasteiger partial charge in [0.05, 0.1) is 6.54 Å². The molecule has 0 bridgehead atoms. The van der Waals surface area contributed by atoms with E-state index in [-0.39, 0.29) is 18.7 Å². The molecule has 6 nitrogen and oxygen atoms in total. The Hall–Kier alpha value is -3.15. The topological polar surface area (TPSA) is 85.6 Å². The van der Waals surface area contributed by atoms with Crippen LogP contribution >= 0.6 is 0 Å². The number of amides is 1. The largest absolute Gasteiger partial charge is 0.464 e. The lowest BCUT2D eigenvalue weighted by molar-refractivity contribution is -0.140. The summed E-state index contributed by atoms with van der Waals surface area (Å²) in [6, 6.07) is 12.7. The van der Waals surface area contributed by atoms with E-state index in [0.29, 0.717) is 11.0 Å². The van der Waals surface area contributed by atoms with E-state index in [0.717, 1.165) is 10.8 Å². The predicted molar refractivity (Wildman–Crippen MR) is 89.0 cm³/mol. The van der Waals surface area contributed by atoms with Crippen LogP contribution in [0.15, 0.2) is 51.7 Å². The molecule has 0 atom stereocenters. The zero-order valence-electron chi connectivity index (χ0n) is 13.0. The zero-order chi connectivity index (χ0) is 17.1. The maximum atomic E-state index is 12.2. The summed E-state index contributed by atoms with van der Waals surface area (Å²) in [4.78, 5) is 34.9. The molecule has 122 valence electrons. The lowest BCUT2D eigenvalue weighted by atomic mass is 10.0. The van der Waals surface area contributed by atoms with Crippen LogP contribution in [-0.4, -0.2) is 25.0 Å². The Morgan fingerprint density at radius 2 is 1.92 bits per heavy atom. The summed E-state index contributed by atoms with van der Waals surface area (Å²) in [5.74, 6) is -0.994. The molecule has 3 aromatic rings. The molecule has 0 fully saturated rings. The monoisotopic (exact) mass is 325 g/mol. The normalized spacial score (nSPS) is 10.7. The Balaban J connectivity index is 1.94. The predicted octanol–water partition coefficient (Wildman–Crippen LogP) is 2.24. The molecular formula is C18H15NO5. The van der Waals surface area contributed by atoms with Crippen molar-refractivity contribution >= 4 is 33.6 Å². The van der Waals surface area contributed by atoms with Gasteiger partial charge in [-0.1, -0.05) is 30.3 Å². The van der Waals surface area contributed by atoms with Crippen LogP contribution < -0.4 is 10.9 Å². The third kappa shape index (κ3) is 3.12. The van der Waals surface area contributed by atoms with Gasteiger partial charge in [0.1, 0.15) is 17.8 Å². The molecule has 0 aliphatic carbocycles. The number of ether oxygens (including phenoxy) is 1. The van der Waals surface area contributed by atoms with E-state index in [1.54, 1.807) is 6.07 Å². The summed E-state index contributed by atoms with van der Waals surface area (Å²) in [5, 5.41) is 5.11. The van der Waals surface area contributed by atoms with E-state index in [2.05, 4.69) is 5.32 Å². The summed E-state index contributed by atoms with van der Waals surface area (Å²) in [6.45, 7) is 1.44. The first-order chi connectivity index (χ1) is 11.6. The highest BCUT2D eigenvalue weighted by atomic mass is 16.5. The standard InChI is InChI=1S/C18H15NO5/c1-11(20)23-9-8-19-17(21)15-10-14-13-5-3-2-4-12(13)6-7-16(14)24-18(15)22/h2-7,10H,8-9H2,1H3,(H,19,21). The minimum Gasteiger partial charge on any atom is -0.464 e. The average Bonchev–Trinajstić information content (AvgIpc) is 2.57. The number of carbonyl (C=O) groups excluding carboxylic acids is 2. The van der Waals surface area contributed by atoms with E-state index in [9.17, 15) is 14.4 Å². The Bertz CT molecular complexity index is 990. The molecule has 0 unspecified atom stereocenters. The molecule has 1 amide bonds. The summed E-state index contributed by atoms with van der Waals surface area (Å²) >= 11 is 0. The fraction of sp³-hybridized carbons (Fsp3) is 0.167. The van der Waals surface area contributed by atoms with Crippen LogP contribution in [-0.2, 0) is 9.53 Å². The number of hydrogen-bond acceptors (Lipinski definition) is 5. The van der Waals surface area contributed by atoms with Crippen molar-refractivity contribution in [2.75, 3.05) is 13.2 Å². The van der Waals surface area contributed by atoms with Crippen molar-refractivity contribution in [3.63, 3.8) is 0 Å². The maximum absolute atomic E-state index is 12.2. The Labute approximate surface area is 137 Å². The van der Waals surface area contributed by atoms with Crippen LogP contribution in [0.1, 0.15) is 17.3 Å². The fourth-order valence-corrected chi connectivity index (χ4v) is 2.48. The average molecular weight is 325 g/mol. The highest BCUT2D eigenvalue weighted by molar-refractivity contribution is 6.07. The molecule has 3 rings (SSSR count). The number of rotatable bonds is 4. The van der Waals surface area contributed by atoms with E-state index >= 15 is 0 Å². The highest BCUT2D eigenvalue weighted by Gasteiger charge is 2.14. The van der Waals surface area contributed by atoms with Crippen LogP contribution in [0.25, 0.3) is 21.7 Å². The van der Waals surface area contributed by atoms with Crippen molar-refractivity contribution < 1.29 is 18.7 Å². The van der Waals surface area contributed by atoms with Crippen molar-refractivity contribution in [1.82, 2.24) is 5.32 Å². The van der Waals surface area contributed by atoms with Gasteiger partial charge in [-0.15, -0.1) is 0 Å². The number of benzene rings is 2. The molecule has 0 radical (unpaired) electrons. The van der Waals surface area contributed by atoms with Crippen LogP contribution in [0.4, 0.5) is 0 Å². The molecule has 0 spiro atoms. The van der Waals surface area contributed by atoms with Crippen molar-refractivity contribution in [1.29, 1.82) is 0 Å². The zero-order valence-corrected chi connectivity index (χ0v) is 13.0. The lowest BCUT2D eigenvalue weighted by Crippen LogP contribution is -2.31. The van der Waals surface area contributed by atoms with E-state index in [1.165, 1.54) is 13.0 Å². The Kier molecular flexibility index (Phi) is 4.29. The number of hydrogen-bond donors (Lipinski definition) is 1. The maximum Gasteiger partial charge on any atom is 0.349 e. The van der Waals surface area contributed by atoms with Gasteiger partial charge in [-0.3, -0.25) is 9.59 Å². The van der Waals surface area contributed by atoms with Crippen LogP contribution in [0.2, 0.25) is 0 Å².